The van der Waals surface area contributed by atoms with Gasteiger partial charge in [0.1, 0.15) is 0 Å². The molecule has 1 saturated heterocycles. The van der Waals surface area contributed by atoms with Crippen molar-refractivity contribution in [2.75, 3.05) is 31.1 Å². The summed E-state index contributed by atoms with van der Waals surface area (Å²) in [4.78, 5) is 2.43. The third kappa shape index (κ3) is 4.35. The second kappa shape index (κ2) is 8.17. The Labute approximate surface area is 116 Å². The highest BCUT2D eigenvalue weighted by molar-refractivity contribution is 5.85. The van der Waals surface area contributed by atoms with E-state index in [-0.39, 0.29) is 12.4 Å². The van der Waals surface area contributed by atoms with E-state index in [2.05, 4.69) is 47.1 Å². The van der Waals surface area contributed by atoms with Gasteiger partial charge < -0.3 is 10.2 Å². The van der Waals surface area contributed by atoms with Gasteiger partial charge >= 0.3 is 0 Å². The topological polar surface area (TPSA) is 15.3 Å². The van der Waals surface area contributed by atoms with Crippen molar-refractivity contribution >= 4 is 18.1 Å². The van der Waals surface area contributed by atoms with E-state index in [1.54, 1.807) is 0 Å². The molecule has 2 rings (SSSR count). The maximum Gasteiger partial charge on any atom is 0.0369 e. The average molecular weight is 267 g/mol. The molecule has 1 N–H and O–H groups in total. The molecule has 1 aliphatic rings. The Bertz CT molecular complexity index is 334. The van der Waals surface area contributed by atoms with Gasteiger partial charge in [-0.1, -0.05) is 24.3 Å². The molecule has 1 aliphatic heterocycles. The van der Waals surface area contributed by atoms with Crippen molar-refractivity contribution in [1.82, 2.24) is 5.32 Å². The lowest BCUT2D eigenvalue weighted by atomic mass is 9.97. The monoisotopic (exact) mass is 266 g/mol. The summed E-state index contributed by atoms with van der Waals surface area (Å²) in [5.41, 5.74) is 1.31. The predicted molar refractivity (Wildman–Crippen MR) is 81.7 cm³/mol. The smallest absolute Gasteiger partial charge is 0.0369 e. The first-order valence-electron chi connectivity index (χ1n) is 6.52. The quantitative estimate of drug-likeness (QED) is 0.824. The van der Waals surface area contributed by atoms with Crippen molar-refractivity contribution in [3.8, 4) is 0 Å². The Hall–Kier alpha value is -0.990. The molecule has 0 saturated carbocycles. The zero-order valence-electron chi connectivity index (χ0n) is 10.8. The van der Waals surface area contributed by atoms with Crippen LogP contribution < -0.4 is 10.2 Å². The van der Waals surface area contributed by atoms with Crippen LogP contribution in [0.1, 0.15) is 12.8 Å². The van der Waals surface area contributed by atoms with Gasteiger partial charge in [0.05, 0.1) is 0 Å². The van der Waals surface area contributed by atoms with Crippen LogP contribution >= 0.6 is 12.4 Å². The van der Waals surface area contributed by atoms with Crippen molar-refractivity contribution in [1.29, 1.82) is 0 Å². The molecular formula is C15H23ClN2. The van der Waals surface area contributed by atoms with Crippen LogP contribution in [0.2, 0.25) is 0 Å². The lowest BCUT2D eigenvalue weighted by Crippen LogP contribution is -2.36. The third-order valence-corrected chi connectivity index (χ3v) is 3.41. The van der Waals surface area contributed by atoms with Crippen LogP contribution in [-0.4, -0.2) is 26.2 Å². The van der Waals surface area contributed by atoms with E-state index in [1.165, 1.54) is 31.6 Å². The Morgan fingerprint density at radius 1 is 1.22 bits per heavy atom. The molecule has 2 nitrogen and oxygen atoms in total. The van der Waals surface area contributed by atoms with Gasteiger partial charge in [-0.15, -0.1) is 19.0 Å². The number of hydrogen-bond acceptors (Lipinski definition) is 2. The number of anilines is 1. The summed E-state index contributed by atoms with van der Waals surface area (Å²) in [5, 5.41) is 3.42. The van der Waals surface area contributed by atoms with E-state index in [0.717, 1.165) is 19.0 Å². The highest BCUT2D eigenvalue weighted by atomic mass is 35.5. The first kappa shape index (κ1) is 15.1. The van der Waals surface area contributed by atoms with E-state index in [4.69, 9.17) is 0 Å². The van der Waals surface area contributed by atoms with Crippen LogP contribution in [0.15, 0.2) is 43.0 Å². The van der Waals surface area contributed by atoms with Gasteiger partial charge in [-0.05, 0) is 44.0 Å². The standard InChI is InChI=1S/C15H22N2.ClH/c1-2-12-17(15-6-4-3-5-7-15)13-14-8-10-16-11-9-14;/h2-7,14,16H,1,8-13H2;1H. The molecule has 0 atom stereocenters. The summed E-state index contributed by atoms with van der Waals surface area (Å²) in [6.45, 7) is 8.29. The van der Waals surface area contributed by atoms with Crippen LogP contribution in [0.5, 0.6) is 0 Å². The minimum Gasteiger partial charge on any atom is -0.368 e. The number of rotatable bonds is 5. The number of halogens is 1. The summed E-state index contributed by atoms with van der Waals surface area (Å²) < 4.78 is 0. The average Bonchev–Trinajstić information content (AvgIpc) is 2.40. The zero-order chi connectivity index (χ0) is 11.9. The molecule has 1 aromatic carbocycles. The third-order valence-electron chi connectivity index (χ3n) is 3.41. The molecule has 1 fully saturated rings. The molecule has 1 heterocycles. The fourth-order valence-electron chi connectivity index (χ4n) is 2.46. The minimum absolute atomic E-state index is 0. The Kier molecular flexibility index (Phi) is 6.84. The number of nitrogens with zero attached hydrogens (tertiary/aromatic N) is 1. The molecule has 0 amide bonds. The number of para-hydroxylation sites is 1. The number of benzene rings is 1. The second-order valence-electron chi connectivity index (χ2n) is 4.72. The van der Waals surface area contributed by atoms with E-state index in [9.17, 15) is 0 Å². The van der Waals surface area contributed by atoms with Crippen molar-refractivity contribution in [3.05, 3.63) is 43.0 Å². The second-order valence-corrected chi connectivity index (χ2v) is 4.72. The fourth-order valence-corrected chi connectivity index (χ4v) is 2.46. The molecule has 0 bridgehead atoms. The highest BCUT2D eigenvalue weighted by Crippen LogP contribution is 2.19. The number of hydrogen-bond donors (Lipinski definition) is 1. The number of nitrogens with one attached hydrogen (secondary N) is 1. The van der Waals surface area contributed by atoms with Gasteiger partial charge in [-0.2, -0.15) is 0 Å². The van der Waals surface area contributed by atoms with Crippen molar-refractivity contribution < 1.29 is 0 Å². The van der Waals surface area contributed by atoms with Gasteiger partial charge in [-0.3, -0.25) is 0 Å². The van der Waals surface area contributed by atoms with Gasteiger partial charge in [-0.25, -0.2) is 0 Å². The molecule has 0 unspecified atom stereocenters. The fraction of sp³-hybridized carbons (Fsp3) is 0.467. The molecule has 0 aromatic heterocycles. The summed E-state index contributed by atoms with van der Waals surface area (Å²) >= 11 is 0. The van der Waals surface area contributed by atoms with Crippen molar-refractivity contribution in [3.63, 3.8) is 0 Å². The minimum atomic E-state index is 0. The first-order valence-corrected chi connectivity index (χ1v) is 6.52. The zero-order valence-corrected chi connectivity index (χ0v) is 11.7. The van der Waals surface area contributed by atoms with Gasteiger partial charge in [0.15, 0.2) is 0 Å². The van der Waals surface area contributed by atoms with E-state index in [1.807, 2.05) is 6.08 Å². The number of piperidine rings is 1. The molecule has 0 spiro atoms. The first-order chi connectivity index (χ1) is 8.40. The molecule has 1 aromatic rings. The Morgan fingerprint density at radius 2 is 1.89 bits per heavy atom. The molecular weight excluding hydrogens is 244 g/mol. The molecule has 100 valence electrons. The van der Waals surface area contributed by atoms with Crippen LogP contribution in [0.4, 0.5) is 5.69 Å². The summed E-state index contributed by atoms with van der Waals surface area (Å²) in [5.74, 6) is 0.816. The molecule has 0 radical (unpaired) electrons. The van der Waals surface area contributed by atoms with E-state index < -0.39 is 0 Å². The Morgan fingerprint density at radius 3 is 2.50 bits per heavy atom. The lowest BCUT2D eigenvalue weighted by Gasteiger charge is -2.31. The van der Waals surface area contributed by atoms with Gasteiger partial charge in [0.2, 0.25) is 0 Å². The molecule has 0 aliphatic carbocycles. The summed E-state index contributed by atoms with van der Waals surface area (Å²) in [7, 11) is 0. The van der Waals surface area contributed by atoms with Gasteiger partial charge in [0.25, 0.3) is 0 Å². The van der Waals surface area contributed by atoms with Crippen LogP contribution in [0, 0.1) is 5.92 Å². The van der Waals surface area contributed by atoms with Crippen LogP contribution in [0.25, 0.3) is 0 Å². The summed E-state index contributed by atoms with van der Waals surface area (Å²) in [6, 6.07) is 10.6. The van der Waals surface area contributed by atoms with E-state index >= 15 is 0 Å². The maximum absolute atomic E-state index is 3.87. The van der Waals surface area contributed by atoms with Gasteiger partial charge in [0, 0.05) is 18.8 Å². The lowest BCUT2D eigenvalue weighted by molar-refractivity contribution is 0.376. The normalized spacial score (nSPS) is 15.8. The van der Waals surface area contributed by atoms with Crippen molar-refractivity contribution in [2.45, 2.75) is 12.8 Å². The van der Waals surface area contributed by atoms with Crippen LogP contribution in [-0.2, 0) is 0 Å². The summed E-state index contributed by atoms with van der Waals surface area (Å²) in [6.07, 6.45) is 4.58. The Balaban J connectivity index is 0.00000162. The van der Waals surface area contributed by atoms with E-state index in [0.29, 0.717) is 0 Å². The maximum atomic E-state index is 3.87. The predicted octanol–water partition coefficient (Wildman–Crippen LogP) is 3.10. The van der Waals surface area contributed by atoms with Crippen molar-refractivity contribution in [2.24, 2.45) is 5.92 Å². The molecule has 3 heteroatoms. The highest BCUT2D eigenvalue weighted by Gasteiger charge is 2.16. The molecule has 18 heavy (non-hydrogen) atoms. The largest absolute Gasteiger partial charge is 0.368 e. The van der Waals surface area contributed by atoms with Crippen LogP contribution in [0.3, 0.4) is 0 Å². The SMILES string of the molecule is C=CCN(CC1CCNCC1)c1ccccc1.Cl.